The van der Waals surface area contributed by atoms with Crippen LogP contribution in [-0.2, 0) is 24.2 Å². The van der Waals surface area contributed by atoms with Crippen molar-refractivity contribution in [3.8, 4) is 0 Å². The van der Waals surface area contributed by atoms with Crippen LogP contribution in [0.4, 0.5) is 9.18 Å². The molecule has 24 heavy (non-hydrogen) atoms. The van der Waals surface area contributed by atoms with E-state index in [1.54, 1.807) is 0 Å². The Morgan fingerprint density at radius 1 is 1.33 bits per heavy atom. The van der Waals surface area contributed by atoms with Crippen molar-refractivity contribution in [2.45, 2.75) is 43.6 Å². The van der Waals surface area contributed by atoms with Crippen LogP contribution < -0.4 is 5.32 Å². The zero-order chi connectivity index (χ0) is 17.5. The fourth-order valence-electron chi connectivity index (χ4n) is 3.22. The number of rotatable bonds is 4. The summed E-state index contributed by atoms with van der Waals surface area (Å²) >= 11 is 0. The Balaban J connectivity index is 1.66. The molecule has 3 aliphatic heterocycles. The minimum absolute atomic E-state index is 0.0656. The van der Waals surface area contributed by atoms with Gasteiger partial charge in [0, 0.05) is 13.1 Å². The summed E-state index contributed by atoms with van der Waals surface area (Å²) in [6, 6.07) is -2.37. The predicted octanol–water partition coefficient (Wildman–Crippen LogP) is -0.767. The third kappa shape index (κ3) is 3.45. The van der Waals surface area contributed by atoms with Crippen LogP contribution in [0.25, 0.3) is 0 Å². The number of nitrogens with one attached hydrogen (secondary N) is 1. The van der Waals surface area contributed by atoms with E-state index in [2.05, 4.69) is 9.60 Å². The van der Waals surface area contributed by atoms with E-state index in [0.29, 0.717) is 18.0 Å². The highest BCUT2D eigenvalue weighted by Gasteiger charge is 2.50. The number of hydrogen-bond acceptors (Lipinski definition) is 7. The van der Waals surface area contributed by atoms with Gasteiger partial charge in [-0.3, -0.25) is 4.55 Å². The van der Waals surface area contributed by atoms with Crippen LogP contribution in [-0.4, -0.2) is 78.9 Å². The highest BCUT2D eigenvalue weighted by Crippen LogP contribution is 2.31. The van der Waals surface area contributed by atoms with Crippen LogP contribution in [0.2, 0.25) is 0 Å². The molecule has 2 bridgehead atoms. The standard InChI is InChI=1S/C12H18FN3O7S/c13-8-3-4-14-5-10(8)22-11(17)9-2-1-7-6-15(9)12(18)16(7)23-24(19,20)21/h7-10,14H,1-6H2,(H,19,20,21)/t7-,8+,9+,10+/m1/s1. The first-order chi connectivity index (χ1) is 11.3. The number of fused-ring (bicyclic) bond motifs is 2. The van der Waals surface area contributed by atoms with Gasteiger partial charge in [-0.25, -0.2) is 14.0 Å². The molecule has 3 aliphatic rings. The van der Waals surface area contributed by atoms with E-state index in [0.717, 1.165) is 4.90 Å². The Hall–Kier alpha value is -1.50. The first-order valence-corrected chi connectivity index (χ1v) is 8.95. The molecular formula is C12H18FN3O7S. The van der Waals surface area contributed by atoms with Crippen LogP contribution >= 0.6 is 0 Å². The molecule has 3 heterocycles. The fourth-order valence-corrected chi connectivity index (χ4v) is 3.61. The molecule has 2 amide bonds. The van der Waals surface area contributed by atoms with E-state index in [1.807, 2.05) is 0 Å². The third-order valence-corrected chi connectivity index (χ3v) is 4.73. The van der Waals surface area contributed by atoms with Crippen molar-refractivity contribution in [1.82, 2.24) is 15.3 Å². The van der Waals surface area contributed by atoms with E-state index >= 15 is 0 Å². The number of esters is 1. The fraction of sp³-hybridized carbons (Fsp3) is 0.833. The first-order valence-electron chi connectivity index (χ1n) is 7.58. The van der Waals surface area contributed by atoms with Crippen molar-refractivity contribution in [3.05, 3.63) is 0 Å². The van der Waals surface area contributed by atoms with Gasteiger partial charge in [-0.05, 0) is 25.8 Å². The third-order valence-electron chi connectivity index (χ3n) is 4.38. The number of hydrogen-bond donors (Lipinski definition) is 2. The molecule has 2 N–H and O–H groups in total. The molecule has 136 valence electrons. The molecule has 0 aromatic carbocycles. The molecule has 0 spiro atoms. The van der Waals surface area contributed by atoms with Crippen molar-refractivity contribution in [3.63, 3.8) is 0 Å². The van der Waals surface area contributed by atoms with Crippen LogP contribution in [0.5, 0.6) is 0 Å². The van der Waals surface area contributed by atoms with Gasteiger partial charge in [0.05, 0.1) is 6.04 Å². The largest absolute Gasteiger partial charge is 0.456 e. The second-order valence-corrected chi connectivity index (χ2v) is 7.00. The molecule has 0 aromatic rings. The molecule has 0 saturated carbocycles. The number of amides is 2. The summed E-state index contributed by atoms with van der Waals surface area (Å²) in [4.78, 5) is 25.6. The van der Waals surface area contributed by atoms with Gasteiger partial charge in [0.15, 0.2) is 0 Å². The van der Waals surface area contributed by atoms with Gasteiger partial charge >= 0.3 is 22.4 Å². The van der Waals surface area contributed by atoms with Crippen molar-refractivity contribution in [2.24, 2.45) is 0 Å². The maximum Gasteiger partial charge on any atom is 0.418 e. The highest BCUT2D eigenvalue weighted by atomic mass is 32.3. The second kappa shape index (κ2) is 6.43. The van der Waals surface area contributed by atoms with E-state index in [1.165, 1.54) is 0 Å². The average Bonchev–Trinajstić information content (AvgIpc) is 2.73. The van der Waals surface area contributed by atoms with Gasteiger partial charge in [-0.1, -0.05) is 0 Å². The lowest BCUT2D eigenvalue weighted by molar-refractivity contribution is -0.159. The number of halogens is 1. The van der Waals surface area contributed by atoms with Crippen molar-refractivity contribution >= 4 is 22.4 Å². The van der Waals surface area contributed by atoms with Crippen LogP contribution in [0.15, 0.2) is 0 Å². The molecule has 0 radical (unpaired) electrons. The van der Waals surface area contributed by atoms with Gasteiger partial charge in [-0.15, -0.1) is 4.28 Å². The van der Waals surface area contributed by atoms with Gasteiger partial charge in [-0.2, -0.15) is 13.5 Å². The molecule has 4 atom stereocenters. The minimum Gasteiger partial charge on any atom is -0.456 e. The molecular weight excluding hydrogens is 349 g/mol. The highest BCUT2D eigenvalue weighted by molar-refractivity contribution is 7.80. The van der Waals surface area contributed by atoms with Crippen molar-refractivity contribution in [1.29, 1.82) is 0 Å². The number of carbonyl (C=O) groups is 2. The Labute approximate surface area is 137 Å². The lowest BCUT2D eigenvalue weighted by atomic mass is 10.0. The lowest BCUT2D eigenvalue weighted by Gasteiger charge is -2.32. The summed E-state index contributed by atoms with van der Waals surface area (Å²) < 4.78 is 53.6. The van der Waals surface area contributed by atoms with E-state index in [4.69, 9.17) is 9.29 Å². The molecule has 3 rings (SSSR count). The number of ether oxygens (including phenoxy) is 1. The zero-order valence-corrected chi connectivity index (χ0v) is 13.4. The Morgan fingerprint density at radius 3 is 2.75 bits per heavy atom. The number of hydroxylamine groups is 2. The van der Waals surface area contributed by atoms with Gasteiger partial charge in [0.25, 0.3) is 0 Å². The monoisotopic (exact) mass is 367 g/mol. The summed E-state index contributed by atoms with van der Waals surface area (Å²) in [5, 5.41) is 3.47. The molecule has 0 unspecified atom stereocenters. The number of alkyl halides is 1. The zero-order valence-electron chi connectivity index (χ0n) is 12.6. The normalized spacial score (nSPS) is 33.7. The molecule has 3 fully saturated rings. The SMILES string of the molecule is O=C(O[C@H]1CNCC[C@@H]1F)[C@@H]1CC[C@@H]2CN1C(=O)N2OS(=O)(=O)O. The molecule has 0 aromatic heterocycles. The Bertz CT molecular complexity index is 630. The summed E-state index contributed by atoms with van der Waals surface area (Å²) in [7, 11) is -4.84. The predicted molar refractivity (Wildman–Crippen MR) is 75.6 cm³/mol. The van der Waals surface area contributed by atoms with Gasteiger partial charge in [0.2, 0.25) is 0 Å². The van der Waals surface area contributed by atoms with E-state index in [9.17, 15) is 22.4 Å². The molecule has 10 nitrogen and oxygen atoms in total. The van der Waals surface area contributed by atoms with Crippen LogP contribution in [0.1, 0.15) is 19.3 Å². The quantitative estimate of drug-likeness (QED) is 0.490. The van der Waals surface area contributed by atoms with Gasteiger partial charge < -0.3 is 15.0 Å². The summed E-state index contributed by atoms with van der Waals surface area (Å²) in [6.45, 7) is 0.775. The molecule has 0 aliphatic carbocycles. The van der Waals surface area contributed by atoms with E-state index in [-0.39, 0.29) is 25.9 Å². The Kier molecular flexibility index (Phi) is 4.64. The minimum atomic E-state index is -4.84. The smallest absolute Gasteiger partial charge is 0.418 e. The van der Waals surface area contributed by atoms with Crippen molar-refractivity contribution in [2.75, 3.05) is 19.6 Å². The molecule has 3 saturated heterocycles. The second-order valence-electron chi connectivity index (χ2n) is 5.99. The van der Waals surface area contributed by atoms with Crippen molar-refractivity contribution < 1.29 is 36.0 Å². The van der Waals surface area contributed by atoms with Crippen LogP contribution in [0.3, 0.4) is 0 Å². The molecule has 12 heteroatoms. The lowest BCUT2D eigenvalue weighted by Crippen LogP contribution is -2.50. The first kappa shape index (κ1) is 17.3. The number of nitrogens with zero attached hydrogens (tertiary/aromatic N) is 2. The number of carbonyl (C=O) groups excluding carboxylic acids is 2. The van der Waals surface area contributed by atoms with Gasteiger partial charge in [0.1, 0.15) is 18.3 Å². The topological polar surface area (TPSA) is 125 Å². The summed E-state index contributed by atoms with van der Waals surface area (Å²) in [6.07, 6.45) is -1.41. The van der Waals surface area contributed by atoms with E-state index < -0.39 is 46.8 Å². The number of piperidine rings is 2. The van der Waals surface area contributed by atoms with Crippen LogP contribution in [0, 0.1) is 0 Å². The maximum absolute atomic E-state index is 13.8. The Morgan fingerprint density at radius 2 is 2.08 bits per heavy atom. The summed E-state index contributed by atoms with van der Waals surface area (Å²) in [5.41, 5.74) is 0. The summed E-state index contributed by atoms with van der Waals surface area (Å²) in [5.74, 6) is -0.730. The average molecular weight is 367 g/mol. The number of urea groups is 1. The maximum atomic E-state index is 13.8.